The number of fused-ring (bicyclic) bond motifs is 1. The van der Waals surface area contributed by atoms with Crippen molar-refractivity contribution in [2.75, 3.05) is 19.6 Å². The van der Waals surface area contributed by atoms with E-state index in [0.717, 1.165) is 53.6 Å². The van der Waals surface area contributed by atoms with E-state index in [2.05, 4.69) is 56.9 Å². The fourth-order valence-corrected chi connectivity index (χ4v) is 7.96. The minimum Gasteiger partial charge on any atom is -0.507 e. The standard InChI is InChI=1S/C23H24BrIN4OS/c24-19-13-25-29-22(12-20(27-23(19)29)18-5-1-2-6-21(18)30)26-14-16-7-9-28(10-8-16)15-17-4-3-11-31-17/h1-6,11-13,16,27,30H,7-10,14-15H2. The van der Waals surface area contributed by atoms with Crippen LogP contribution in [0.5, 0.6) is 5.75 Å². The van der Waals surface area contributed by atoms with Crippen LogP contribution in [0, 0.1) is 5.92 Å². The molecule has 3 aliphatic rings. The van der Waals surface area contributed by atoms with Crippen molar-refractivity contribution in [2.24, 2.45) is 10.9 Å². The van der Waals surface area contributed by atoms with E-state index in [0.29, 0.717) is 5.92 Å². The molecular formula is C23H24BrIN4OS. The van der Waals surface area contributed by atoms with Crippen molar-refractivity contribution in [1.82, 2.24) is 13.3 Å². The molecule has 4 heterocycles. The van der Waals surface area contributed by atoms with Gasteiger partial charge in [0.25, 0.3) is 0 Å². The lowest BCUT2D eigenvalue weighted by Crippen LogP contribution is -2.35. The van der Waals surface area contributed by atoms with Crippen LogP contribution in [0.4, 0.5) is 0 Å². The molecular weight excluding hydrogens is 587 g/mol. The van der Waals surface area contributed by atoms with Crippen molar-refractivity contribution < 1.29 is 5.11 Å². The number of benzene rings is 1. The third-order valence-corrected chi connectivity index (χ3v) is 10.5. The van der Waals surface area contributed by atoms with Crippen molar-refractivity contribution >= 4 is 63.8 Å². The largest absolute Gasteiger partial charge is 0.507 e. The number of halogens is 2. The summed E-state index contributed by atoms with van der Waals surface area (Å²) in [5.74, 6) is 2.95. The molecule has 0 bridgehead atoms. The van der Waals surface area contributed by atoms with Gasteiger partial charge in [0, 0.05) is 54.6 Å². The number of phenols is 1. The number of thiophene rings is 1. The van der Waals surface area contributed by atoms with Crippen LogP contribution in [0.15, 0.2) is 63.2 Å². The number of nitrogens with one attached hydrogen (secondary N) is 1. The lowest BCUT2D eigenvalue weighted by atomic mass is 9.97. The van der Waals surface area contributed by atoms with Crippen LogP contribution >= 0.6 is 48.3 Å². The molecule has 2 aromatic rings. The summed E-state index contributed by atoms with van der Waals surface area (Å²) >= 11 is 5.25. The lowest BCUT2D eigenvalue weighted by molar-refractivity contribution is 0.182. The van der Waals surface area contributed by atoms with Crippen LogP contribution in [0.3, 0.4) is 0 Å². The Hall–Kier alpha value is -1.49. The Morgan fingerprint density at radius 2 is 2.03 bits per heavy atom. The number of phenolic OH excluding ortho intramolecular Hbond substituents is 1. The molecule has 0 spiro atoms. The molecule has 2 N–H and O–H groups in total. The lowest BCUT2D eigenvalue weighted by Gasteiger charge is -2.32. The van der Waals surface area contributed by atoms with Crippen molar-refractivity contribution in [3.63, 3.8) is 0 Å². The maximum absolute atomic E-state index is 10.3. The number of nitrogens with zero attached hydrogens (tertiary/aromatic N) is 3. The molecule has 8 heteroatoms. The molecule has 1 fully saturated rings. The predicted molar refractivity (Wildman–Crippen MR) is 142 cm³/mol. The highest BCUT2D eigenvalue weighted by atomic mass is 127. The molecule has 1 aromatic heterocycles. The molecule has 1 aromatic carbocycles. The van der Waals surface area contributed by atoms with Crippen molar-refractivity contribution in [2.45, 2.75) is 19.4 Å². The minimum absolute atomic E-state index is 0.278. The SMILES string of the molecule is Oc1ccccc1C1=CC(=NCC2CCN(Cc3cccs3)CC2)N2I=CC(Br)=C2N1. The summed E-state index contributed by atoms with van der Waals surface area (Å²) in [7, 11) is 0. The fourth-order valence-electron chi connectivity index (χ4n) is 4.04. The van der Waals surface area contributed by atoms with Crippen molar-refractivity contribution in [3.05, 3.63) is 68.6 Å². The number of hydrogen-bond acceptors (Lipinski definition) is 5. The number of allylic oxidation sites excluding steroid dienone is 1. The topological polar surface area (TPSA) is 51.1 Å². The maximum atomic E-state index is 10.3. The first kappa shape index (κ1) is 21.4. The molecule has 0 amide bonds. The van der Waals surface area contributed by atoms with Crippen LogP contribution in [0.2, 0.25) is 0 Å². The van der Waals surface area contributed by atoms with Gasteiger partial charge in [0.2, 0.25) is 0 Å². The molecule has 0 atom stereocenters. The molecule has 5 nitrogen and oxygen atoms in total. The van der Waals surface area contributed by atoms with E-state index in [4.69, 9.17) is 4.99 Å². The Bertz CT molecular complexity index is 1070. The predicted octanol–water partition coefficient (Wildman–Crippen LogP) is 5.28. The Labute approximate surface area is 205 Å². The molecule has 1 saturated heterocycles. The minimum atomic E-state index is -0.280. The summed E-state index contributed by atoms with van der Waals surface area (Å²) in [5, 5.41) is 16.0. The van der Waals surface area contributed by atoms with Gasteiger partial charge in [-0.05, 0) is 71.4 Å². The number of likely N-dealkylation sites (tertiary alicyclic amines) is 1. The van der Waals surface area contributed by atoms with Gasteiger partial charge in [-0.2, -0.15) is 0 Å². The molecule has 3 aliphatic heterocycles. The first-order chi connectivity index (χ1) is 15.2. The average Bonchev–Trinajstić information content (AvgIpc) is 3.43. The van der Waals surface area contributed by atoms with Gasteiger partial charge >= 0.3 is 0 Å². The molecule has 0 aliphatic carbocycles. The number of hydrogen-bond donors (Lipinski definition) is 2. The average molecular weight is 611 g/mol. The van der Waals surface area contributed by atoms with Gasteiger partial charge in [-0.15, -0.1) is 11.3 Å². The van der Waals surface area contributed by atoms with Crippen LogP contribution in [-0.4, -0.2) is 42.6 Å². The summed E-state index contributed by atoms with van der Waals surface area (Å²) in [6.45, 7) is 4.23. The van der Waals surface area contributed by atoms with Crippen molar-refractivity contribution in [1.29, 1.82) is 0 Å². The summed E-state index contributed by atoms with van der Waals surface area (Å²) in [6.07, 6.45) is 4.48. The van der Waals surface area contributed by atoms with Crippen LogP contribution < -0.4 is 5.32 Å². The van der Waals surface area contributed by atoms with Gasteiger partial charge in [-0.1, -0.05) is 18.2 Å². The summed E-state index contributed by atoms with van der Waals surface area (Å²) in [5.41, 5.74) is 1.69. The molecule has 31 heavy (non-hydrogen) atoms. The Morgan fingerprint density at radius 3 is 2.81 bits per heavy atom. The second-order valence-electron chi connectivity index (χ2n) is 7.88. The zero-order valence-corrected chi connectivity index (χ0v) is 21.5. The van der Waals surface area contributed by atoms with Gasteiger partial charge in [0.05, 0.1) is 10.2 Å². The zero-order chi connectivity index (χ0) is 21.2. The first-order valence-corrected chi connectivity index (χ1v) is 14.3. The number of amidine groups is 1. The summed E-state index contributed by atoms with van der Waals surface area (Å²) < 4.78 is 5.63. The molecule has 5 rings (SSSR count). The van der Waals surface area contributed by atoms with Gasteiger partial charge in [-0.3, -0.25) is 13.0 Å². The Morgan fingerprint density at radius 1 is 1.19 bits per heavy atom. The van der Waals surface area contributed by atoms with E-state index >= 15 is 0 Å². The number of rotatable bonds is 5. The van der Waals surface area contributed by atoms with E-state index in [9.17, 15) is 5.11 Å². The maximum Gasteiger partial charge on any atom is 0.140 e. The zero-order valence-electron chi connectivity index (χ0n) is 17.0. The van der Waals surface area contributed by atoms with Gasteiger partial charge in [-0.25, -0.2) is 0 Å². The van der Waals surface area contributed by atoms with E-state index in [1.54, 1.807) is 6.07 Å². The molecule has 0 radical (unpaired) electrons. The number of aliphatic imine (C=N–C) groups is 1. The molecule has 0 unspecified atom stereocenters. The second-order valence-corrected chi connectivity index (χ2v) is 11.9. The van der Waals surface area contributed by atoms with Crippen LogP contribution in [-0.2, 0) is 6.54 Å². The van der Waals surface area contributed by atoms with E-state index in [-0.39, 0.29) is 26.8 Å². The highest BCUT2D eigenvalue weighted by Gasteiger charge is 2.28. The molecule has 162 valence electrons. The van der Waals surface area contributed by atoms with E-state index in [1.807, 2.05) is 29.5 Å². The van der Waals surface area contributed by atoms with Gasteiger partial charge < -0.3 is 10.4 Å². The Kier molecular flexibility index (Phi) is 6.59. The van der Waals surface area contributed by atoms with Gasteiger partial charge in [0.1, 0.15) is 17.4 Å². The van der Waals surface area contributed by atoms with Crippen molar-refractivity contribution in [3.8, 4) is 5.75 Å². The highest BCUT2D eigenvalue weighted by Crippen LogP contribution is 2.36. The highest BCUT2D eigenvalue weighted by molar-refractivity contribution is 14.2. The quantitative estimate of drug-likeness (QED) is 0.358. The molecule has 0 saturated carbocycles. The number of para-hydroxylation sites is 1. The normalized spacial score (nSPS) is 21.1. The first-order valence-electron chi connectivity index (χ1n) is 10.4. The van der Waals surface area contributed by atoms with E-state index < -0.39 is 0 Å². The Balaban J connectivity index is 1.29. The van der Waals surface area contributed by atoms with E-state index in [1.165, 1.54) is 17.7 Å². The monoisotopic (exact) mass is 610 g/mol. The fraction of sp³-hybridized carbons (Fsp3) is 0.304. The summed E-state index contributed by atoms with van der Waals surface area (Å²) in [4.78, 5) is 9.09. The third-order valence-electron chi connectivity index (χ3n) is 5.76. The summed E-state index contributed by atoms with van der Waals surface area (Å²) in [6, 6.07) is 11.8. The van der Waals surface area contributed by atoms with Crippen LogP contribution in [0.25, 0.3) is 5.70 Å². The second kappa shape index (κ2) is 9.56. The van der Waals surface area contributed by atoms with Crippen LogP contribution in [0.1, 0.15) is 23.3 Å². The smallest absolute Gasteiger partial charge is 0.140 e. The van der Waals surface area contributed by atoms with Gasteiger partial charge in [0.15, 0.2) is 0 Å². The third kappa shape index (κ3) is 4.81. The number of aromatic hydroxyl groups is 1. The number of piperidine rings is 1.